The van der Waals surface area contributed by atoms with Gasteiger partial charge in [0.15, 0.2) is 0 Å². The summed E-state index contributed by atoms with van der Waals surface area (Å²) in [5.74, 6) is -0.949. The summed E-state index contributed by atoms with van der Waals surface area (Å²) in [6.07, 6.45) is 4.13. The molecule has 3 N–H and O–H groups in total. The van der Waals surface area contributed by atoms with Crippen molar-refractivity contribution >= 4 is 5.97 Å². The fourth-order valence-electron chi connectivity index (χ4n) is 1.60. The van der Waals surface area contributed by atoms with Crippen LogP contribution in [0.25, 0.3) is 0 Å². The summed E-state index contributed by atoms with van der Waals surface area (Å²) in [5.41, 5.74) is 0.926. The van der Waals surface area contributed by atoms with Crippen LogP contribution in [0.3, 0.4) is 0 Å². The molecule has 0 amide bonds. The number of nitrogens with zero attached hydrogens (tertiary/aromatic N) is 2. The van der Waals surface area contributed by atoms with E-state index in [0.29, 0.717) is 12.2 Å². The van der Waals surface area contributed by atoms with Crippen LogP contribution in [0.5, 0.6) is 0 Å². The fraction of sp³-hybridized carbons (Fsp3) is 0.636. The highest BCUT2D eigenvalue weighted by atomic mass is 16.4. The van der Waals surface area contributed by atoms with Crippen molar-refractivity contribution in [2.24, 2.45) is 7.05 Å². The van der Waals surface area contributed by atoms with E-state index in [4.69, 9.17) is 10.2 Å². The molecular formula is C11H19N3O3. The van der Waals surface area contributed by atoms with Gasteiger partial charge in [0.25, 0.3) is 0 Å². The molecule has 0 unspecified atom stereocenters. The number of aromatic nitrogens is 2. The van der Waals surface area contributed by atoms with Crippen molar-refractivity contribution in [2.75, 3.05) is 13.2 Å². The molecule has 1 heterocycles. The minimum atomic E-state index is -0.949. The number of aromatic carboxylic acids is 1. The summed E-state index contributed by atoms with van der Waals surface area (Å²) in [6.45, 7) is 1.53. The smallest absolute Gasteiger partial charge is 0.339 e. The molecule has 1 aromatic heterocycles. The summed E-state index contributed by atoms with van der Waals surface area (Å²) in [6, 6.07) is 0. The maximum absolute atomic E-state index is 10.9. The van der Waals surface area contributed by atoms with Crippen molar-refractivity contribution in [3.63, 3.8) is 0 Å². The van der Waals surface area contributed by atoms with Crippen molar-refractivity contribution < 1.29 is 15.0 Å². The third-order valence-corrected chi connectivity index (χ3v) is 2.60. The van der Waals surface area contributed by atoms with Crippen molar-refractivity contribution in [3.8, 4) is 0 Å². The molecule has 0 radical (unpaired) electrons. The number of hydrogen-bond acceptors (Lipinski definition) is 4. The van der Waals surface area contributed by atoms with Gasteiger partial charge < -0.3 is 15.5 Å². The first-order chi connectivity index (χ1) is 8.16. The number of carbonyl (C=O) groups is 1. The highest BCUT2D eigenvalue weighted by Gasteiger charge is 2.13. The topological polar surface area (TPSA) is 87.4 Å². The molecule has 0 bridgehead atoms. The maximum atomic E-state index is 10.9. The third kappa shape index (κ3) is 4.16. The van der Waals surface area contributed by atoms with E-state index in [1.807, 2.05) is 0 Å². The van der Waals surface area contributed by atoms with Gasteiger partial charge in [-0.1, -0.05) is 0 Å². The van der Waals surface area contributed by atoms with E-state index in [2.05, 4.69) is 10.4 Å². The molecule has 0 aliphatic rings. The summed E-state index contributed by atoms with van der Waals surface area (Å²) >= 11 is 0. The monoisotopic (exact) mass is 241 g/mol. The zero-order chi connectivity index (χ0) is 12.7. The number of carboxylic acid groups (broad SMARTS) is 1. The second kappa shape index (κ2) is 7.03. The average molecular weight is 241 g/mol. The molecule has 0 saturated heterocycles. The van der Waals surface area contributed by atoms with Crippen LogP contribution in [0.1, 0.15) is 35.3 Å². The highest BCUT2D eigenvalue weighted by molar-refractivity contribution is 5.88. The first kappa shape index (κ1) is 13.7. The van der Waals surface area contributed by atoms with Crippen LogP contribution in [-0.2, 0) is 13.6 Å². The lowest BCUT2D eigenvalue weighted by Gasteiger charge is -2.06. The molecule has 1 rings (SSSR count). The Labute approximate surface area is 100 Å². The Kier molecular flexibility index (Phi) is 5.65. The number of nitrogens with one attached hydrogen (secondary N) is 1. The molecule has 0 fully saturated rings. The van der Waals surface area contributed by atoms with Crippen molar-refractivity contribution in [1.29, 1.82) is 0 Å². The predicted octanol–water partition coefficient (Wildman–Crippen LogP) is 0.370. The molecular weight excluding hydrogens is 222 g/mol. The fourth-order valence-corrected chi connectivity index (χ4v) is 1.60. The van der Waals surface area contributed by atoms with Crippen LogP contribution in [0.2, 0.25) is 0 Å². The minimum Gasteiger partial charge on any atom is -0.478 e. The lowest BCUT2D eigenvalue weighted by Crippen LogP contribution is -2.19. The van der Waals surface area contributed by atoms with Crippen molar-refractivity contribution in [3.05, 3.63) is 17.5 Å². The highest BCUT2D eigenvalue weighted by Crippen LogP contribution is 2.07. The van der Waals surface area contributed by atoms with Crippen LogP contribution >= 0.6 is 0 Å². The molecule has 0 saturated carbocycles. The Morgan fingerprint density at radius 3 is 2.88 bits per heavy atom. The summed E-state index contributed by atoms with van der Waals surface area (Å²) in [7, 11) is 1.73. The Morgan fingerprint density at radius 2 is 2.24 bits per heavy atom. The maximum Gasteiger partial charge on any atom is 0.339 e. The lowest BCUT2D eigenvalue weighted by atomic mass is 10.2. The van der Waals surface area contributed by atoms with E-state index in [9.17, 15) is 4.79 Å². The van der Waals surface area contributed by atoms with Gasteiger partial charge in [-0.25, -0.2) is 4.79 Å². The van der Waals surface area contributed by atoms with Gasteiger partial charge in [0, 0.05) is 20.2 Å². The first-order valence-corrected chi connectivity index (χ1v) is 5.72. The van der Waals surface area contributed by atoms with Crippen molar-refractivity contribution in [2.45, 2.75) is 25.8 Å². The van der Waals surface area contributed by atoms with Gasteiger partial charge in [0.1, 0.15) is 5.56 Å². The summed E-state index contributed by atoms with van der Waals surface area (Å²) in [5, 5.41) is 24.7. The van der Waals surface area contributed by atoms with E-state index < -0.39 is 5.97 Å². The molecule has 96 valence electrons. The van der Waals surface area contributed by atoms with Gasteiger partial charge in [0.2, 0.25) is 0 Å². The number of rotatable bonds is 8. The van der Waals surface area contributed by atoms with Gasteiger partial charge in [-0.2, -0.15) is 5.10 Å². The molecule has 0 aliphatic heterocycles. The van der Waals surface area contributed by atoms with Gasteiger partial charge >= 0.3 is 5.97 Å². The predicted molar refractivity (Wildman–Crippen MR) is 62.8 cm³/mol. The first-order valence-electron chi connectivity index (χ1n) is 5.72. The largest absolute Gasteiger partial charge is 0.478 e. The third-order valence-electron chi connectivity index (χ3n) is 2.60. The van der Waals surface area contributed by atoms with E-state index in [-0.39, 0.29) is 12.2 Å². The number of aliphatic hydroxyl groups excluding tert-OH is 1. The quantitative estimate of drug-likeness (QED) is 0.572. The minimum absolute atomic E-state index is 0.227. The van der Waals surface area contributed by atoms with Crippen LogP contribution in [0.4, 0.5) is 0 Å². The van der Waals surface area contributed by atoms with Gasteiger partial charge in [-0.15, -0.1) is 0 Å². The molecule has 0 spiro atoms. The van der Waals surface area contributed by atoms with E-state index in [0.717, 1.165) is 25.8 Å². The van der Waals surface area contributed by atoms with Crippen LogP contribution in [0, 0.1) is 0 Å². The summed E-state index contributed by atoms with van der Waals surface area (Å²) < 4.78 is 1.57. The average Bonchev–Trinajstić information content (AvgIpc) is 2.65. The number of carboxylic acids is 1. The normalized spacial score (nSPS) is 10.7. The number of unbranched alkanes of at least 4 members (excludes halogenated alkanes) is 2. The number of aliphatic hydroxyl groups is 1. The summed E-state index contributed by atoms with van der Waals surface area (Å²) in [4.78, 5) is 10.9. The van der Waals surface area contributed by atoms with Crippen LogP contribution < -0.4 is 5.32 Å². The number of hydrogen-bond donors (Lipinski definition) is 3. The zero-order valence-electron chi connectivity index (χ0n) is 10.0. The van der Waals surface area contributed by atoms with Gasteiger partial charge in [0.05, 0.1) is 11.9 Å². The molecule has 17 heavy (non-hydrogen) atoms. The molecule has 0 aliphatic carbocycles. The Hall–Kier alpha value is -1.40. The molecule has 6 nitrogen and oxygen atoms in total. The second-order valence-corrected chi connectivity index (χ2v) is 3.89. The molecule has 0 aromatic carbocycles. The van der Waals surface area contributed by atoms with E-state index in [1.165, 1.54) is 6.20 Å². The SMILES string of the molecule is Cn1ncc(C(=O)O)c1CNCCCCCO. The van der Waals surface area contributed by atoms with Crippen molar-refractivity contribution in [1.82, 2.24) is 15.1 Å². The molecule has 1 aromatic rings. The zero-order valence-corrected chi connectivity index (χ0v) is 10.0. The van der Waals surface area contributed by atoms with Gasteiger partial charge in [-0.3, -0.25) is 4.68 Å². The Balaban J connectivity index is 2.36. The standard InChI is InChI=1S/C11H19N3O3/c1-14-10(9(7-13-14)11(16)17)8-12-5-3-2-4-6-15/h7,12,15H,2-6,8H2,1H3,(H,16,17). The Bertz CT molecular complexity index is 363. The van der Waals surface area contributed by atoms with Crippen LogP contribution in [-0.4, -0.2) is 39.1 Å². The lowest BCUT2D eigenvalue weighted by molar-refractivity contribution is 0.0695. The van der Waals surface area contributed by atoms with E-state index in [1.54, 1.807) is 11.7 Å². The molecule has 0 atom stereocenters. The molecule has 6 heteroatoms. The number of aryl methyl sites for hydroxylation is 1. The van der Waals surface area contributed by atoms with Gasteiger partial charge in [-0.05, 0) is 25.8 Å². The second-order valence-electron chi connectivity index (χ2n) is 3.89. The van der Waals surface area contributed by atoms with E-state index >= 15 is 0 Å². The Morgan fingerprint density at radius 1 is 1.47 bits per heavy atom. The van der Waals surface area contributed by atoms with Crippen LogP contribution in [0.15, 0.2) is 6.20 Å².